The normalized spacial score (nSPS) is 14.1. The minimum Gasteiger partial charge on any atom is -0.462 e. The first-order valence-corrected chi connectivity index (χ1v) is 41.8. The molecule has 17 nitrogen and oxygen atoms in total. The minimum atomic E-state index is -4.96. The van der Waals surface area contributed by atoms with Crippen LogP contribution in [0.5, 0.6) is 0 Å². The molecule has 0 spiro atoms. The van der Waals surface area contributed by atoms with Crippen LogP contribution in [0.3, 0.4) is 0 Å². The quantitative estimate of drug-likeness (QED) is 0.0222. The zero-order chi connectivity index (χ0) is 69.4. The van der Waals surface area contributed by atoms with Gasteiger partial charge in [-0.3, -0.25) is 37.3 Å². The van der Waals surface area contributed by atoms with E-state index in [1.807, 2.05) is 0 Å². The SMILES string of the molecule is CCCCCCCCCCCCCCC(=O)O[C@H](COC(=O)CCCCCCCCCC(C)C)COP(=O)(O)OC[C@H](O)COP(=O)(O)OC[C@@H](COC(=O)CCCCCCCCCCCCC(C)C)OC(=O)CCCCCCCCCCCCCCCCCCC(C)C. The molecule has 3 N–H and O–H groups in total. The van der Waals surface area contributed by atoms with Crippen molar-refractivity contribution in [1.82, 2.24) is 0 Å². The van der Waals surface area contributed by atoms with E-state index in [0.717, 1.165) is 108 Å². The lowest BCUT2D eigenvalue weighted by Gasteiger charge is -2.21. The van der Waals surface area contributed by atoms with Gasteiger partial charge in [-0.2, -0.15) is 0 Å². The Balaban J connectivity index is 5.23. The Bertz CT molecular complexity index is 1840. The van der Waals surface area contributed by atoms with Crippen LogP contribution < -0.4 is 0 Å². The van der Waals surface area contributed by atoms with Crippen LogP contribution in [0.15, 0.2) is 0 Å². The summed E-state index contributed by atoms with van der Waals surface area (Å²) in [6.45, 7) is 11.9. The maximum atomic E-state index is 13.1. The van der Waals surface area contributed by atoms with Gasteiger partial charge in [0.25, 0.3) is 0 Å². The monoisotopic (exact) mass is 1380 g/mol. The summed E-state index contributed by atoms with van der Waals surface area (Å²) in [6, 6.07) is 0. The van der Waals surface area contributed by atoms with Gasteiger partial charge in [0, 0.05) is 25.7 Å². The van der Waals surface area contributed by atoms with Crippen molar-refractivity contribution in [2.24, 2.45) is 17.8 Å². The molecule has 0 aliphatic carbocycles. The number of rotatable bonds is 73. The van der Waals surface area contributed by atoms with Crippen LogP contribution in [0, 0.1) is 17.8 Å². The summed E-state index contributed by atoms with van der Waals surface area (Å²) < 4.78 is 68.5. The molecule has 0 amide bonds. The zero-order valence-electron chi connectivity index (χ0n) is 61.4. The summed E-state index contributed by atoms with van der Waals surface area (Å²) in [4.78, 5) is 72.7. The standard InChI is InChI=1S/C75H146O17P2/c1-8-9-10-11-12-13-14-22-29-36-44-51-58-74(79)92-71(63-86-73(78)57-50-43-38-31-34-41-48-55-68(6)7)65-90-94(83,84)88-61-69(76)60-87-93(81,82)89-64-70(62-85-72(77)56-49-42-35-28-25-24-27-33-40-47-54-67(4)5)91-75(80)59-52-45-37-30-23-20-18-16-15-17-19-21-26-32-39-46-53-66(2)3/h66-71,76H,8-65H2,1-7H3,(H,81,82)(H,83,84)/t69-,70-,71-/m1/s1. The Morgan fingerprint density at radius 1 is 0.287 bits per heavy atom. The van der Waals surface area contributed by atoms with Crippen LogP contribution in [0.1, 0.15) is 382 Å². The van der Waals surface area contributed by atoms with Crippen molar-refractivity contribution >= 4 is 39.5 Å². The van der Waals surface area contributed by atoms with E-state index in [4.69, 9.17) is 37.0 Å². The number of carbonyl (C=O) groups is 4. The largest absolute Gasteiger partial charge is 0.472 e. The first-order valence-electron chi connectivity index (χ1n) is 38.8. The highest BCUT2D eigenvalue weighted by Gasteiger charge is 2.30. The first-order chi connectivity index (χ1) is 45.2. The average Bonchev–Trinajstić information content (AvgIpc) is 3.74. The molecular formula is C75H146O17P2. The molecule has 0 heterocycles. The number of phosphoric acid groups is 2. The van der Waals surface area contributed by atoms with Crippen molar-refractivity contribution in [1.29, 1.82) is 0 Å². The van der Waals surface area contributed by atoms with Crippen LogP contribution in [0.4, 0.5) is 0 Å². The van der Waals surface area contributed by atoms with Crippen molar-refractivity contribution in [3.05, 3.63) is 0 Å². The molecule has 2 unspecified atom stereocenters. The number of aliphatic hydroxyl groups is 1. The highest BCUT2D eigenvalue weighted by molar-refractivity contribution is 7.47. The molecule has 558 valence electrons. The third-order valence-corrected chi connectivity index (χ3v) is 19.3. The van der Waals surface area contributed by atoms with Crippen LogP contribution in [-0.2, 0) is 65.4 Å². The molecule has 0 aromatic heterocycles. The van der Waals surface area contributed by atoms with Gasteiger partial charge in [-0.15, -0.1) is 0 Å². The molecule has 0 aromatic carbocycles. The lowest BCUT2D eigenvalue weighted by molar-refractivity contribution is -0.161. The van der Waals surface area contributed by atoms with Gasteiger partial charge < -0.3 is 33.8 Å². The van der Waals surface area contributed by atoms with Crippen LogP contribution in [0.2, 0.25) is 0 Å². The van der Waals surface area contributed by atoms with Gasteiger partial charge in [0.2, 0.25) is 0 Å². The second-order valence-electron chi connectivity index (χ2n) is 28.5. The maximum absolute atomic E-state index is 13.1. The summed E-state index contributed by atoms with van der Waals surface area (Å²) in [7, 11) is -9.91. The van der Waals surface area contributed by atoms with Crippen LogP contribution >= 0.6 is 15.6 Å². The second-order valence-corrected chi connectivity index (χ2v) is 31.4. The predicted molar refractivity (Wildman–Crippen MR) is 381 cm³/mol. The Morgan fingerprint density at radius 2 is 0.489 bits per heavy atom. The van der Waals surface area contributed by atoms with Gasteiger partial charge in [0.05, 0.1) is 26.4 Å². The van der Waals surface area contributed by atoms with Crippen molar-refractivity contribution < 1.29 is 80.2 Å². The van der Waals surface area contributed by atoms with E-state index in [2.05, 4.69) is 48.5 Å². The Morgan fingerprint density at radius 3 is 0.723 bits per heavy atom. The number of ether oxygens (including phenoxy) is 4. The number of unbranched alkanes of at least 4 members (excludes halogenated alkanes) is 41. The van der Waals surface area contributed by atoms with Crippen LogP contribution in [0.25, 0.3) is 0 Å². The third kappa shape index (κ3) is 68.6. The highest BCUT2D eigenvalue weighted by atomic mass is 31.2. The summed E-state index contributed by atoms with van der Waals surface area (Å²) in [5, 5.41) is 10.6. The van der Waals surface area contributed by atoms with Crippen molar-refractivity contribution in [2.75, 3.05) is 39.6 Å². The van der Waals surface area contributed by atoms with Crippen molar-refractivity contribution in [2.45, 2.75) is 401 Å². The van der Waals surface area contributed by atoms with E-state index in [0.29, 0.717) is 31.6 Å². The van der Waals surface area contributed by atoms with Gasteiger partial charge in [0.1, 0.15) is 19.3 Å². The molecule has 0 saturated carbocycles. The molecular weight excluding hydrogens is 1230 g/mol. The Hall–Kier alpha value is -1.94. The molecule has 0 aromatic rings. The number of phosphoric ester groups is 2. The molecule has 19 heteroatoms. The summed E-state index contributed by atoms with van der Waals surface area (Å²) in [5.74, 6) is 0.154. The lowest BCUT2D eigenvalue weighted by atomic mass is 10.0. The molecule has 0 aliphatic heterocycles. The van der Waals surface area contributed by atoms with E-state index in [-0.39, 0.29) is 25.7 Å². The fraction of sp³-hybridized carbons (Fsp3) is 0.947. The summed E-state index contributed by atoms with van der Waals surface area (Å²) in [5.41, 5.74) is 0. The number of hydrogen-bond donors (Lipinski definition) is 3. The average molecular weight is 1380 g/mol. The van der Waals surface area contributed by atoms with Gasteiger partial charge in [-0.1, -0.05) is 331 Å². The lowest BCUT2D eigenvalue weighted by Crippen LogP contribution is -2.30. The fourth-order valence-corrected chi connectivity index (χ4v) is 13.0. The maximum Gasteiger partial charge on any atom is 0.472 e. The van der Waals surface area contributed by atoms with E-state index in [1.165, 1.54) is 186 Å². The topological polar surface area (TPSA) is 237 Å². The van der Waals surface area contributed by atoms with E-state index in [9.17, 15) is 43.2 Å². The zero-order valence-corrected chi connectivity index (χ0v) is 63.2. The second kappa shape index (κ2) is 65.7. The van der Waals surface area contributed by atoms with Crippen LogP contribution in [-0.4, -0.2) is 96.7 Å². The smallest absolute Gasteiger partial charge is 0.462 e. The van der Waals surface area contributed by atoms with Gasteiger partial charge in [-0.05, 0) is 43.4 Å². The molecule has 0 radical (unpaired) electrons. The molecule has 0 saturated heterocycles. The minimum absolute atomic E-state index is 0.106. The fourth-order valence-electron chi connectivity index (χ4n) is 11.4. The van der Waals surface area contributed by atoms with Crippen molar-refractivity contribution in [3.8, 4) is 0 Å². The van der Waals surface area contributed by atoms with E-state index >= 15 is 0 Å². The molecule has 0 fully saturated rings. The number of aliphatic hydroxyl groups excluding tert-OH is 1. The predicted octanol–water partition coefficient (Wildman–Crippen LogP) is 21.8. The summed E-state index contributed by atoms with van der Waals surface area (Å²) >= 11 is 0. The third-order valence-electron chi connectivity index (χ3n) is 17.4. The number of hydrogen-bond acceptors (Lipinski definition) is 15. The molecule has 0 rings (SSSR count). The molecule has 5 atom stereocenters. The molecule has 0 bridgehead atoms. The number of esters is 4. The van der Waals surface area contributed by atoms with Gasteiger partial charge >= 0.3 is 39.5 Å². The van der Waals surface area contributed by atoms with Crippen molar-refractivity contribution in [3.63, 3.8) is 0 Å². The molecule has 0 aliphatic rings. The number of carbonyl (C=O) groups excluding carboxylic acids is 4. The molecule has 94 heavy (non-hydrogen) atoms. The summed E-state index contributed by atoms with van der Waals surface area (Å²) in [6.07, 6.45) is 51.4. The van der Waals surface area contributed by atoms with Gasteiger partial charge in [-0.25, -0.2) is 9.13 Å². The Kier molecular flexibility index (Phi) is 64.3. The first kappa shape index (κ1) is 92.1. The van der Waals surface area contributed by atoms with E-state index in [1.54, 1.807) is 0 Å². The highest BCUT2D eigenvalue weighted by Crippen LogP contribution is 2.45. The Labute approximate surface area is 575 Å². The van der Waals surface area contributed by atoms with E-state index < -0.39 is 97.5 Å². The van der Waals surface area contributed by atoms with Gasteiger partial charge in [0.15, 0.2) is 12.2 Å².